The molecule has 194 valence electrons. The van der Waals surface area contributed by atoms with E-state index in [-0.39, 0.29) is 11.8 Å². The quantitative estimate of drug-likeness (QED) is 0.518. The number of benzene rings is 2. The van der Waals surface area contributed by atoms with Gasteiger partial charge in [-0.3, -0.25) is 14.5 Å². The molecular weight excluding hydrogens is 456 g/mol. The molecule has 2 aromatic carbocycles. The molecule has 0 aliphatic carbocycles. The monoisotopic (exact) mass is 494 g/mol. The van der Waals surface area contributed by atoms with Crippen molar-refractivity contribution in [1.82, 2.24) is 10.2 Å². The van der Waals surface area contributed by atoms with Crippen molar-refractivity contribution >= 4 is 23.2 Å². The number of ether oxygens (including phenoxy) is 2. The molecule has 8 nitrogen and oxygen atoms in total. The highest BCUT2D eigenvalue weighted by Gasteiger charge is 2.22. The summed E-state index contributed by atoms with van der Waals surface area (Å²) < 4.78 is 10.6. The number of methoxy groups -OCH3 is 1. The maximum atomic E-state index is 13.3. The standard InChI is InChI=1S/C28H38N4O4/c1-21-10-14-32(15-11-21)26-9-6-23(30-27(33)22-4-7-24(35-2)8-5-22)20-25(26)28(34)29-12-3-13-31-16-18-36-19-17-31/h4-9,20-21H,3,10-19H2,1-2H3,(H,29,34)(H,30,33). The molecule has 0 spiro atoms. The van der Waals surface area contributed by atoms with E-state index in [1.165, 1.54) is 0 Å². The number of rotatable bonds is 9. The molecule has 2 aromatic rings. The van der Waals surface area contributed by atoms with Crippen LogP contribution in [0.25, 0.3) is 0 Å². The number of anilines is 2. The Bertz CT molecular complexity index is 1010. The molecule has 0 atom stereocenters. The van der Waals surface area contributed by atoms with Crippen LogP contribution in [0, 0.1) is 5.92 Å². The summed E-state index contributed by atoms with van der Waals surface area (Å²) in [4.78, 5) is 30.8. The van der Waals surface area contributed by atoms with E-state index in [2.05, 4.69) is 27.4 Å². The van der Waals surface area contributed by atoms with Gasteiger partial charge in [-0.15, -0.1) is 0 Å². The SMILES string of the molecule is COc1ccc(C(=O)Nc2ccc(N3CCC(C)CC3)c(C(=O)NCCCN3CCOCC3)c2)cc1. The van der Waals surface area contributed by atoms with Crippen molar-refractivity contribution in [3.8, 4) is 5.75 Å². The molecule has 36 heavy (non-hydrogen) atoms. The molecule has 8 heteroatoms. The molecule has 0 bridgehead atoms. The largest absolute Gasteiger partial charge is 0.497 e. The van der Waals surface area contributed by atoms with E-state index in [9.17, 15) is 9.59 Å². The van der Waals surface area contributed by atoms with E-state index in [0.29, 0.717) is 35.0 Å². The van der Waals surface area contributed by atoms with Gasteiger partial charge in [-0.25, -0.2) is 0 Å². The molecule has 2 fully saturated rings. The van der Waals surface area contributed by atoms with Crippen molar-refractivity contribution in [3.63, 3.8) is 0 Å². The van der Waals surface area contributed by atoms with Gasteiger partial charge in [-0.1, -0.05) is 6.92 Å². The van der Waals surface area contributed by atoms with E-state index in [1.54, 1.807) is 37.4 Å². The third-order valence-corrected chi connectivity index (χ3v) is 7.02. The summed E-state index contributed by atoms with van der Waals surface area (Å²) in [6.45, 7) is 9.12. The van der Waals surface area contributed by atoms with Crippen molar-refractivity contribution in [1.29, 1.82) is 0 Å². The zero-order chi connectivity index (χ0) is 25.3. The Labute approximate surface area is 213 Å². The topological polar surface area (TPSA) is 83.1 Å². The highest BCUT2D eigenvalue weighted by atomic mass is 16.5. The van der Waals surface area contributed by atoms with Crippen LogP contribution in [0.15, 0.2) is 42.5 Å². The van der Waals surface area contributed by atoms with Crippen molar-refractivity contribution in [2.45, 2.75) is 26.2 Å². The van der Waals surface area contributed by atoms with Crippen LogP contribution in [0.2, 0.25) is 0 Å². The molecule has 2 heterocycles. The second kappa shape index (κ2) is 12.7. The molecule has 2 amide bonds. The normalized spacial score (nSPS) is 17.0. The second-order valence-electron chi connectivity index (χ2n) is 9.65. The summed E-state index contributed by atoms with van der Waals surface area (Å²) in [7, 11) is 1.59. The lowest BCUT2D eigenvalue weighted by atomic mass is 9.97. The molecule has 0 aromatic heterocycles. The minimum Gasteiger partial charge on any atom is -0.497 e. The van der Waals surface area contributed by atoms with E-state index in [0.717, 1.165) is 70.9 Å². The third kappa shape index (κ3) is 6.98. The van der Waals surface area contributed by atoms with Crippen molar-refractivity contribution < 1.29 is 19.1 Å². The lowest BCUT2D eigenvalue weighted by Crippen LogP contribution is -2.38. The van der Waals surface area contributed by atoms with Crippen molar-refractivity contribution in [2.24, 2.45) is 5.92 Å². The van der Waals surface area contributed by atoms with Crippen LogP contribution in [0.4, 0.5) is 11.4 Å². The van der Waals surface area contributed by atoms with Crippen LogP contribution >= 0.6 is 0 Å². The van der Waals surface area contributed by atoms with Crippen molar-refractivity contribution in [3.05, 3.63) is 53.6 Å². The van der Waals surface area contributed by atoms with Crippen LogP contribution in [-0.2, 0) is 4.74 Å². The van der Waals surface area contributed by atoms with Gasteiger partial charge in [0.05, 0.1) is 25.9 Å². The molecular formula is C28H38N4O4. The number of hydrogen-bond acceptors (Lipinski definition) is 6. The summed E-state index contributed by atoms with van der Waals surface area (Å²) >= 11 is 0. The van der Waals surface area contributed by atoms with Crippen LogP contribution in [0.3, 0.4) is 0 Å². The van der Waals surface area contributed by atoms with Gasteiger partial charge in [0.2, 0.25) is 0 Å². The van der Waals surface area contributed by atoms with Crippen molar-refractivity contribution in [2.75, 3.05) is 69.8 Å². The fraction of sp³-hybridized carbons (Fsp3) is 0.500. The number of amides is 2. The Balaban J connectivity index is 1.44. The number of carbonyl (C=O) groups is 2. The number of carbonyl (C=O) groups excluding carboxylic acids is 2. The molecule has 0 unspecified atom stereocenters. The van der Waals surface area contributed by atoms with E-state index >= 15 is 0 Å². The molecule has 2 N–H and O–H groups in total. The average molecular weight is 495 g/mol. The Kier molecular flexibility index (Phi) is 9.19. The fourth-order valence-electron chi connectivity index (χ4n) is 4.69. The maximum absolute atomic E-state index is 13.3. The van der Waals surface area contributed by atoms with Gasteiger partial charge in [-0.2, -0.15) is 0 Å². The molecule has 0 saturated carbocycles. The van der Waals surface area contributed by atoms with Gasteiger partial charge in [0.1, 0.15) is 5.75 Å². The Hall–Kier alpha value is -3.10. The summed E-state index contributed by atoms with van der Waals surface area (Å²) in [6.07, 6.45) is 3.10. The van der Waals surface area contributed by atoms with E-state index in [4.69, 9.17) is 9.47 Å². The highest BCUT2D eigenvalue weighted by Crippen LogP contribution is 2.29. The lowest BCUT2D eigenvalue weighted by Gasteiger charge is -2.33. The predicted molar refractivity (Wildman–Crippen MR) is 142 cm³/mol. The van der Waals surface area contributed by atoms with E-state index in [1.807, 2.05) is 12.1 Å². The number of hydrogen-bond donors (Lipinski definition) is 2. The summed E-state index contributed by atoms with van der Waals surface area (Å²) in [5.74, 6) is 1.06. The second-order valence-corrected chi connectivity index (χ2v) is 9.65. The Morgan fingerprint density at radius 3 is 2.42 bits per heavy atom. The number of nitrogens with zero attached hydrogens (tertiary/aromatic N) is 2. The van der Waals surface area contributed by atoms with Gasteiger partial charge in [0, 0.05) is 49.7 Å². The fourth-order valence-corrected chi connectivity index (χ4v) is 4.69. The Morgan fingerprint density at radius 2 is 1.72 bits per heavy atom. The molecule has 4 rings (SSSR count). The first-order valence-corrected chi connectivity index (χ1v) is 13.0. The zero-order valence-electron chi connectivity index (χ0n) is 21.4. The molecule has 2 saturated heterocycles. The zero-order valence-corrected chi connectivity index (χ0v) is 21.4. The minimum atomic E-state index is -0.228. The first kappa shape index (κ1) is 26.0. The van der Waals surface area contributed by atoms with Gasteiger partial charge in [0.25, 0.3) is 11.8 Å². The van der Waals surface area contributed by atoms with Gasteiger partial charge in [-0.05, 0) is 74.2 Å². The summed E-state index contributed by atoms with van der Waals surface area (Å²) in [6, 6.07) is 12.6. The summed E-state index contributed by atoms with van der Waals surface area (Å²) in [5, 5.41) is 6.04. The van der Waals surface area contributed by atoms with Gasteiger partial charge < -0.3 is 25.0 Å². The van der Waals surface area contributed by atoms with E-state index < -0.39 is 0 Å². The predicted octanol–water partition coefficient (Wildman–Crippen LogP) is 3.64. The first-order valence-electron chi connectivity index (χ1n) is 13.0. The first-order chi connectivity index (χ1) is 17.5. The van der Waals surface area contributed by atoms with Crippen LogP contribution in [0.5, 0.6) is 5.75 Å². The van der Waals surface area contributed by atoms with Crippen LogP contribution in [-0.4, -0.2) is 76.3 Å². The summed E-state index contributed by atoms with van der Waals surface area (Å²) in [5.41, 5.74) is 2.65. The smallest absolute Gasteiger partial charge is 0.255 e. The minimum absolute atomic E-state index is 0.105. The van der Waals surface area contributed by atoms with Gasteiger partial charge >= 0.3 is 0 Å². The molecule has 2 aliphatic rings. The number of nitrogens with one attached hydrogen (secondary N) is 2. The Morgan fingerprint density at radius 1 is 1.00 bits per heavy atom. The average Bonchev–Trinajstić information content (AvgIpc) is 2.92. The maximum Gasteiger partial charge on any atom is 0.255 e. The van der Waals surface area contributed by atoms with Crippen LogP contribution in [0.1, 0.15) is 46.9 Å². The number of piperidine rings is 1. The van der Waals surface area contributed by atoms with Gasteiger partial charge in [0.15, 0.2) is 0 Å². The molecule has 2 aliphatic heterocycles. The van der Waals surface area contributed by atoms with Crippen LogP contribution < -0.4 is 20.3 Å². The number of morpholine rings is 1. The third-order valence-electron chi connectivity index (χ3n) is 7.02. The molecule has 0 radical (unpaired) electrons. The highest BCUT2D eigenvalue weighted by molar-refractivity contribution is 6.06. The lowest BCUT2D eigenvalue weighted by molar-refractivity contribution is 0.0374.